The zero-order chi connectivity index (χ0) is 15.1. The topological polar surface area (TPSA) is 46.5 Å². The number of carbonyl (C=O) groups is 1. The molecule has 1 aliphatic heterocycles. The van der Waals surface area contributed by atoms with E-state index >= 15 is 0 Å². The summed E-state index contributed by atoms with van der Waals surface area (Å²) in [4.78, 5) is 11.0. The van der Waals surface area contributed by atoms with E-state index in [2.05, 4.69) is 6.58 Å². The second kappa shape index (κ2) is 5.01. The van der Waals surface area contributed by atoms with Crippen molar-refractivity contribution in [3.8, 4) is 5.75 Å². The Balaban J connectivity index is 2.48. The van der Waals surface area contributed by atoms with Crippen molar-refractivity contribution in [3.63, 3.8) is 0 Å². The summed E-state index contributed by atoms with van der Waals surface area (Å²) in [6.07, 6.45) is -6.02. The van der Waals surface area contributed by atoms with Crippen LogP contribution in [0.2, 0.25) is 5.02 Å². The van der Waals surface area contributed by atoms with Crippen molar-refractivity contribution in [1.29, 1.82) is 0 Å². The van der Waals surface area contributed by atoms with Crippen molar-refractivity contribution >= 4 is 23.6 Å². The van der Waals surface area contributed by atoms with Crippen LogP contribution in [0.1, 0.15) is 11.1 Å². The maximum absolute atomic E-state index is 12.9. The normalized spacial score (nSPS) is 21.8. The molecule has 2 rings (SSSR count). The molecule has 0 fully saturated rings. The van der Waals surface area contributed by atoms with Crippen molar-refractivity contribution in [3.05, 3.63) is 34.9 Å². The summed E-state index contributed by atoms with van der Waals surface area (Å²) in [5, 5.41) is 9.23. The summed E-state index contributed by atoms with van der Waals surface area (Å²) >= 11 is 5.92. The van der Waals surface area contributed by atoms with E-state index in [1.165, 1.54) is 18.2 Å². The van der Waals surface area contributed by atoms with Gasteiger partial charge in [0.25, 0.3) is 0 Å². The number of benzene rings is 1. The first-order valence-corrected chi connectivity index (χ1v) is 6.03. The van der Waals surface area contributed by atoms with E-state index in [4.69, 9.17) is 21.4 Å². The first-order valence-electron chi connectivity index (χ1n) is 5.65. The van der Waals surface area contributed by atoms with Crippen molar-refractivity contribution in [1.82, 2.24) is 0 Å². The molecule has 3 nitrogen and oxygen atoms in total. The lowest BCUT2D eigenvalue weighted by atomic mass is 9.89. The molecule has 1 heterocycles. The summed E-state index contributed by atoms with van der Waals surface area (Å²) in [5.74, 6) is -3.25. The molecule has 1 aromatic carbocycles. The molecule has 0 saturated heterocycles. The number of ether oxygens (including phenoxy) is 1. The number of hydrogen-bond donors (Lipinski definition) is 1. The van der Waals surface area contributed by atoms with Crippen LogP contribution >= 0.6 is 11.6 Å². The highest BCUT2D eigenvalue weighted by molar-refractivity contribution is 6.32. The zero-order valence-corrected chi connectivity index (χ0v) is 10.8. The maximum atomic E-state index is 12.9. The van der Waals surface area contributed by atoms with E-state index in [0.717, 1.165) is 0 Å². The second-order valence-corrected chi connectivity index (χ2v) is 4.82. The molecule has 0 spiro atoms. The monoisotopic (exact) mass is 306 g/mol. The number of fused-ring (bicyclic) bond motifs is 1. The fourth-order valence-electron chi connectivity index (χ4n) is 2.11. The summed E-state index contributed by atoms with van der Waals surface area (Å²) in [6.45, 7) is 3.50. The van der Waals surface area contributed by atoms with Gasteiger partial charge in [0.2, 0.25) is 6.10 Å². The van der Waals surface area contributed by atoms with Crippen LogP contribution < -0.4 is 4.74 Å². The molecule has 0 aromatic heterocycles. The molecule has 1 aromatic rings. The average molecular weight is 307 g/mol. The number of carboxylic acid groups (broad SMARTS) is 1. The lowest BCUT2D eigenvalue weighted by molar-refractivity contribution is -0.217. The predicted molar refractivity (Wildman–Crippen MR) is 66.8 cm³/mol. The highest BCUT2D eigenvalue weighted by atomic mass is 35.5. The van der Waals surface area contributed by atoms with Gasteiger partial charge >= 0.3 is 12.1 Å². The minimum atomic E-state index is -4.76. The molecule has 0 radical (unpaired) electrons. The van der Waals surface area contributed by atoms with Crippen LogP contribution in [-0.2, 0) is 11.2 Å². The summed E-state index contributed by atoms with van der Waals surface area (Å²) in [7, 11) is 0. The van der Waals surface area contributed by atoms with E-state index in [1.54, 1.807) is 0 Å². The number of aliphatic carboxylic acids is 1. The van der Waals surface area contributed by atoms with Gasteiger partial charge in [0.15, 0.2) is 0 Å². The zero-order valence-electron chi connectivity index (χ0n) is 10.1. The largest absolute Gasteiger partial charge is 0.481 e. The summed E-state index contributed by atoms with van der Waals surface area (Å²) in [6, 6.07) is 2.75. The second-order valence-electron chi connectivity index (χ2n) is 4.41. The Morgan fingerprint density at radius 1 is 1.50 bits per heavy atom. The van der Waals surface area contributed by atoms with Crippen LogP contribution in [0.4, 0.5) is 13.2 Å². The van der Waals surface area contributed by atoms with Gasteiger partial charge in [-0.1, -0.05) is 24.3 Å². The van der Waals surface area contributed by atoms with Crippen LogP contribution in [0.15, 0.2) is 18.7 Å². The third-order valence-electron chi connectivity index (χ3n) is 3.10. The Labute approximate surface area is 117 Å². The standard InChI is InChI=1S/C13H10ClF3O3/c1-2-6-5-10-7(4-9(6)14)3-8(12(18)19)11(20-10)13(15,16)17/h2,4-5,8,11H,1,3H2,(H,18,19). The number of alkyl halides is 3. The minimum absolute atomic E-state index is 0.0101. The van der Waals surface area contributed by atoms with Crippen LogP contribution in [0.5, 0.6) is 5.75 Å². The van der Waals surface area contributed by atoms with Crippen molar-refractivity contribution in [2.24, 2.45) is 5.92 Å². The first kappa shape index (κ1) is 14.7. The quantitative estimate of drug-likeness (QED) is 0.909. The Morgan fingerprint density at radius 3 is 2.65 bits per heavy atom. The molecule has 0 bridgehead atoms. The first-order chi connectivity index (χ1) is 9.24. The Bertz CT molecular complexity index is 569. The number of hydrogen-bond acceptors (Lipinski definition) is 2. The van der Waals surface area contributed by atoms with Crippen LogP contribution in [0.3, 0.4) is 0 Å². The van der Waals surface area contributed by atoms with Gasteiger partial charge in [-0.15, -0.1) is 0 Å². The number of carboxylic acids is 1. The Morgan fingerprint density at radius 2 is 2.15 bits per heavy atom. The minimum Gasteiger partial charge on any atom is -0.481 e. The Kier molecular flexibility index (Phi) is 3.69. The van der Waals surface area contributed by atoms with E-state index in [-0.39, 0.29) is 17.2 Å². The number of rotatable bonds is 2. The molecule has 0 amide bonds. The summed E-state index contributed by atoms with van der Waals surface area (Å²) in [5.41, 5.74) is 0.772. The van der Waals surface area contributed by atoms with Gasteiger partial charge in [-0.25, -0.2) is 0 Å². The molecular formula is C13H10ClF3O3. The summed E-state index contributed by atoms with van der Waals surface area (Å²) < 4.78 is 43.5. The third-order valence-corrected chi connectivity index (χ3v) is 3.43. The van der Waals surface area contributed by atoms with Gasteiger partial charge in [0.05, 0.1) is 0 Å². The van der Waals surface area contributed by atoms with E-state index in [1.807, 2.05) is 0 Å². The van der Waals surface area contributed by atoms with Crippen molar-refractivity contribution < 1.29 is 27.8 Å². The number of halogens is 4. The van der Waals surface area contributed by atoms with Crippen molar-refractivity contribution in [2.45, 2.75) is 18.7 Å². The van der Waals surface area contributed by atoms with Gasteiger partial charge in [0, 0.05) is 5.02 Å². The SMILES string of the molecule is C=Cc1cc2c(cc1Cl)CC(C(=O)O)C(C(F)(F)F)O2. The molecule has 0 saturated carbocycles. The third kappa shape index (κ3) is 2.60. The Hall–Kier alpha value is -1.69. The molecule has 1 aliphatic rings. The maximum Gasteiger partial charge on any atom is 0.426 e. The van der Waals surface area contributed by atoms with E-state index < -0.39 is 24.2 Å². The average Bonchev–Trinajstić information content (AvgIpc) is 2.35. The molecule has 2 unspecified atom stereocenters. The fraction of sp³-hybridized carbons (Fsp3) is 0.308. The van der Waals surface area contributed by atoms with Gasteiger partial charge in [-0.05, 0) is 29.7 Å². The van der Waals surface area contributed by atoms with E-state index in [0.29, 0.717) is 11.1 Å². The molecule has 0 aliphatic carbocycles. The van der Waals surface area contributed by atoms with Gasteiger partial charge in [-0.3, -0.25) is 4.79 Å². The van der Waals surface area contributed by atoms with Gasteiger partial charge < -0.3 is 9.84 Å². The predicted octanol–water partition coefficient (Wildman–Crippen LogP) is 3.55. The molecule has 108 valence electrons. The highest BCUT2D eigenvalue weighted by Gasteiger charge is 2.52. The van der Waals surface area contributed by atoms with Gasteiger partial charge in [0.1, 0.15) is 11.7 Å². The van der Waals surface area contributed by atoms with Crippen LogP contribution in [0, 0.1) is 5.92 Å². The smallest absolute Gasteiger partial charge is 0.426 e. The van der Waals surface area contributed by atoms with Gasteiger partial charge in [-0.2, -0.15) is 13.2 Å². The van der Waals surface area contributed by atoms with E-state index in [9.17, 15) is 18.0 Å². The van der Waals surface area contributed by atoms with Crippen molar-refractivity contribution in [2.75, 3.05) is 0 Å². The lowest BCUT2D eigenvalue weighted by Crippen LogP contribution is -2.47. The lowest BCUT2D eigenvalue weighted by Gasteiger charge is -2.32. The van der Waals surface area contributed by atoms with Crippen LogP contribution in [-0.4, -0.2) is 23.4 Å². The molecule has 1 N–H and O–H groups in total. The molecule has 7 heteroatoms. The van der Waals surface area contributed by atoms with Crippen LogP contribution in [0.25, 0.3) is 6.08 Å². The molecule has 20 heavy (non-hydrogen) atoms. The molecular weight excluding hydrogens is 297 g/mol. The fourth-order valence-corrected chi connectivity index (χ4v) is 2.37. The molecule has 2 atom stereocenters. The highest BCUT2D eigenvalue weighted by Crippen LogP contribution is 2.40.